The molecular weight excluding hydrogens is 253 g/mol. The summed E-state index contributed by atoms with van der Waals surface area (Å²) in [6, 6.07) is 3.33. The molecule has 6 heteroatoms. The van der Waals surface area contributed by atoms with Crippen LogP contribution in [0.4, 0.5) is 13.2 Å². The summed E-state index contributed by atoms with van der Waals surface area (Å²) in [5.74, 6) is 0.686. The summed E-state index contributed by atoms with van der Waals surface area (Å²) in [7, 11) is 0. The molecule has 1 aromatic rings. The van der Waals surface area contributed by atoms with Crippen molar-refractivity contribution in [1.82, 2.24) is 5.32 Å². The van der Waals surface area contributed by atoms with Crippen molar-refractivity contribution in [3.05, 3.63) is 34.3 Å². The molecule has 0 bridgehead atoms. The minimum Gasteiger partial charge on any atom is -0.372 e. The summed E-state index contributed by atoms with van der Waals surface area (Å²) >= 11 is 5.87. The van der Waals surface area contributed by atoms with Crippen LogP contribution in [0, 0.1) is 0 Å². The Bertz CT molecular complexity index is 455. The van der Waals surface area contributed by atoms with Gasteiger partial charge in [-0.1, -0.05) is 11.6 Å². The smallest absolute Gasteiger partial charge is 0.372 e. The molecule has 1 N–H and O–H groups in total. The molecule has 0 unspecified atom stereocenters. The molecule has 0 fully saturated rings. The maximum absolute atomic E-state index is 12.5. The minimum absolute atomic E-state index is 0.308. The average molecular weight is 263 g/mol. The van der Waals surface area contributed by atoms with Gasteiger partial charge in [-0.3, -0.25) is 4.99 Å². The number of nitrogens with one attached hydrogen (secondary N) is 1. The van der Waals surface area contributed by atoms with Gasteiger partial charge in [0.15, 0.2) is 0 Å². The van der Waals surface area contributed by atoms with Crippen molar-refractivity contribution in [2.24, 2.45) is 4.99 Å². The molecule has 0 saturated carbocycles. The lowest BCUT2D eigenvalue weighted by Crippen LogP contribution is -2.21. The van der Waals surface area contributed by atoms with E-state index in [1.807, 2.05) is 0 Å². The number of halogens is 4. The van der Waals surface area contributed by atoms with Crippen molar-refractivity contribution in [2.75, 3.05) is 13.1 Å². The summed E-state index contributed by atoms with van der Waals surface area (Å²) in [6.45, 7) is 1.39. The molecule has 1 aliphatic heterocycles. The van der Waals surface area contributed by atoms with Crippen LogP contribution in [0.25, 0.3) is 0 Å². The standard InChI is InChI=1S/C11H10ClF3N2/c12-9-2-1-8(11(13,14)15)5-7(9)6-10-16-3-4-17-10/h1-2,5H,3-4,6H2,(H,16,17). The highest BCUT2D eigenvalue weighted by Gasteiger charge is 2.31. The second-order valence-corrected chi connectivity index (χ2v) is 4.14. The number of rotatable bonds is 2. The Morgan fingerprint density at radius 2 is 2.12 bits per heavy atom. The Kier molecular flexibility index (Phi) is 3.28. The predicted octanol–water partition coefficient (Wildman–Crippen LogP) is 2.90. The molecular formula is C11H10ClF3N2. The fourth-order valence-electron chi connectivity index (χ4n) is 1.63. The molecule has 2 rings (SSSR count). The number of hydrogen-bond acceptors (Lipinski definition) is 2. The molecule has 0 atom stereocenters. The highest BCUT2D eigenvalue weighted by atomic mass is 35.5. The Morgan fingerprint density at radius 3 is 2.71 bits per heavy atom. The van der Waals surface area contributed by atoms with E-state index in [4.69, 9.17) is 11.6 Å². The second-order valence-electron chi connectivity index (χ2n) is 3.74. The zero-order valence-electron chi connectivity index (χ0n) is 8.81. The number of benzene rings is 1. The molecule has 0 amide bonds. The third-order valence-corrected chi connectivity index (χ3v) is 2.84. The summed E-state index contributed by atoms with van der Waals surface area (Å²) in [5.41, 5.74) is -0.245. The van der Waals surface area contributed by atoms with E-state index in [1.54, 1.807) is 0 Å². The van der Waals surface area contributed by atoms with Crippen LogP contribution in [-0.4, -0.2) is 18.9 Å². The minimum atomic E-state index is -4.34. The number of aliphatic imine (C=N–C) groups is 1. The average Bonchev–Trinajstić information content (AvgIpc) is 2.72. The van der Waals surface area contributed by atoms with Crippen molar-refractivity contribution in [2.45, 2.75) is 12.6 Å². The van der Waals surface area contributed by atoms with Crippen LogP contribution < -0.4 is 5.32 Å². The van der Waals surface area contributed by atoms with Gasteiger partial charge in [0.1, 0.15) is 5.84 Å². The fraction of sp³-hybridized carbons (Fsp3) is 0.364. The van der Waals surface area contributed by atoms with E-state index in [2.05, 4.69) is 10.3 Å². The first-order valence-electron chi connectivity index (χ1n) is 5.09. The lowest BCUT2D eigenvalue weighted by Gasteiger charge is -2.10. The van der Waals surface area contributed by atoms with Gasteiger partial charge in [-0.05, 0) is 23.8 Å². The molecule has 1 aliphatic rings. The third kappa shape index (κ3) is 2.91. The number of alkyl halides is 3. The van der Waals surface area contributed by atoms with Crippen molar-refractivity contribution in [3.63, 3.8) is 0 Å². The topological polar surface area (TPSA) is 24.4 Å². The summed E-state index contributed by atoms with van der Waals surface area (Å²) in [5, 5.41) is 3.33. The maximum Gasteiger partial charge on any atom is 0.416 e. The van der Waals surface area contributed by atoms with Gasteiger partial charge in [-0.2, -0.15) is 13.2 Å². The van der Waals surface area contributed by atoms with E-state index < -0.39 is 11.7 Å². The number of hydrogen-bond donors (Lipinski definition) is 1. The SMILES string of the molecule is FC(F)(F)c1ccc(Cl)c(CC2=NCCN2)c1. The normalized spacial score (nSPS) is 15.6. The van der Waals surface area contributed by atoms with E-state index in [9.17, 15) is 13.2 Å². The van der Waals surface area contributed by atoms with Gasteiger partial charge in [-0.15, -0.1) is 0 Å². The molecule has 0 saturated heterocycles. The quantitative estimate of drug-likeness (QED) is 0.871. The largest absolute Gasteiger partial charge is 0.416 e. The molecule has 92 valence electrons. The van der Waals surface area contributed by atoms with E-state index in [0.29, 0.717) is 29.4 Å². The van der Waals surface area contributed by atoms with Gasteiger partial charge in [0.25, 0.3) is 0 Å². The third-order valence-electron chi connectivity index (χ3n) is 2.47. The number of nitrogens with zero attached hydrogens (tertiary/aromatic N) is 1. The van der Waals surface area contributed by atoms with E-state index in [0.717, 1.165) is 18.7 Å². The first-order valence-corrected chi connectivity index (χ1v) is 5.47. The summed E-state index contributed by atoms with van der Waals surface area (Å²) < 4.78 is 37.6. The van der Waals surface area contributed by atoms with Crippen molar-refractivity contribution >= 4 is 17.4 Å². The Balaban J connectivity index is 2.26. The lowest BCUT2D eigenvalue weighted by molar-refractivity contribution is -0.137. The number of amidine groups is 1. The van der Waals surface area contributed by atoms with Gasteiger partial charge < -0.3 is 5.32 Å². The van der Waals surface area contributed by atoms with Crippen LogP contribution in [0.1, 0.15) is 11.1 Å². The van der Waals surface area contributed by atoms with Crippen LogP contribution in [0.3, 0.4) is 0 Å². The van der Waals surface area contributed by atoms with Gasteiger partial charge in [0.05, 0.1) is 12.1 Å². The Labute approximate surface area is 101 Å². The zero-order valence-corrected chi connectivity index (χ0v) is 9.57. The zero-order chi connectivity index (χ0) is 12.5. The molecule has 2 nitrogen and oxygen atoms in total. The van der Waals surface area contributed by atoms with E-state index >= 15 is 0 Å². The lowest BCUT2D eigenvalue weighted by atomic mass is 10.1. The van der Waals surface area contributed by atoms with Gasteiger partial charge >= 0.3 is 6.18 Å². The molecule has 0 aliphatic carbocycles. The Hall–Kier alpha value is -1.23. The van der Waals surface area contributed by atoms with Crippen LogP contribution in [-0.2, 0) is 12.6 Å². The van der Waals surface area contributed by atoms with Gasteiger partial charge in [-0.25, -0.2) is 0 Å². The summed E-state index contributed by atoms with van der Waals surface area (Å²) in [6.07, 6.45) is -4.03. The van der Waals surface area contributed by atoms with Crippen LogP contribution in [0.2, 0.25) is 5.02 Å². The fourth-order valence-corrected chi connectivity index (χ4v) is 1.82. The van der Waals surface area contributed by atoms with E-state index in [-0.39, 0.29) is 0 Å². The van der Waals surface area contributed by atoms with Crippen LogP contribution >= 0.6 is 11.6 Å². The van der Waals surface area contributed by atoms with E-state index in [1.165, 1.54) is 6.07 Å². The van der Waals surface area contributed by atoms with Crippen LogP contribution in [0.15, 0.2) is 23.2 Å². The maximum atomic E-state index is 12.5. The molecule has 17 heavy (non-hydrogen) atoms. The highest BCUT2D eigenvalue weighted by molar-refractivity contribution is 6.31. The molecule has 0 radical (unpaired) electrons. The van der Waals surface area contributed by atoms with Crippen LogP contribution in [0.5, 0.6) is 0 Å². The van der Waals surface area contributed by atoms with Gasteiger partial charge in [0.2, 0.25) is 0 Å². The molecule has 0 aromatic heterocycles. The summed E-state index contributed by atoms with van der Waals surface area (Å²) in [4.78, 5) is 4.13. The first-order chi connectivity index (χ1) is 7.97. The Morgan fingerprint density at radius 1 is 1.35 bits per heavy atom. The predicted molar refractivity (Wildman–Crippen MR) is 60.5 cm³/mol. The molecule has 0 spiro atoms. The highest BCUT2D eigenvalue weighted by Crippen LogP contribution is 2.31. The molecule has 1 heterocycles. The van der Waals surface area contributed by atoms with Crippen molar-refractivity contribution in [1.29, 1.82) is 0 Å². The molecule has 1 aromatic carbocycles. The second kappa shape index (κ2) is 4.56. The van der Waals surface area contributed by atoms with Crippen molar-refractivity contribution < 1.29 is 13.2 Å². The van der Waals surface area contributed by atoms with Gasteiger partial charge in [0, 0.05) is 18.0 Å². The first kappa shape index (κ1) is 12.2. The van der Waals surface area contributed by atoms with Crippen molar-refractivity contribution in [3.8, 4) is 0 Å². The monoisotopic (exact) mass is 262 g/mol.